The van der Waals surface area contributed by atoms with E-state index in [-0.39, 0.29) is 28.8 Å². The van der Waals surface area contributed by atoms with E-state index in [1.54, 1.807) is 36.4 Å². The Morgan fingerprint density at radius 1 is 0.923 bits per heavy atom. The molecule has 0 fully saturated rings. The van der Waals surface area contributed by atoms with Crippen LogP contribution < -0.4 is 5.56 Å². The highest BCUT2D eigenvalue weighted by Crippen LogP contribution is 2.50. The fraction of sp³-hybridized carbons (Fsp3) is 0.179. The monoisotopic (exact) mass is 544 g/mol. The summed E-state index contributed by atoms with van der Waals surface area (Å²) in [5.74, 6) is 4.73. The van der Waals surface area contributed by atoms with Crippen molar-refractivity contribution in [1.82, 2.24) is 9.55 Å². The molecule has 0 aliphatic heterocycles. The molecule has 1 aromatic heterocycles. The molecule has 1 N–H and O–H groups in total. The molecule has 0 bridgehead atoms. The summed E-state index contributed by atoms with van der Waals surface area (Å²) in [4.78, 5) is 29.4. The van der Waals surface area contributed by atoms with Crippen molar-refractivity contribution >= 4 is 16.7 Å². The number of aliphatic hydroxyl groups is 1. The molecule has 0 saturated heterocycles. The van der Waals surface area contributed by atoms with Gasteiger partial charge >= 0.3 is 12.4 Å². The predicted molar refractivity (Wildman–Crippen MR) is 130 cm³/mol. The first kappa shape index (κ1) is 27.6. The van der Waals surface area contributed by atoms with Crippen LogP contribution >= 0.6 is 0 Å². The summed E-state index contributed by atoms with van der Waals surface area (Å²) in [6, 6.07) is 16.0. The zero-order chi connectivity index (χ0) is 28.6. The van der Waals surface area contributed by atoms with Crippen molar-refractivity contribution in [3.05, 3.63) is 106 Å². The Kier molecular flexibility index (Phi) is 7.10. The molecule has 4 aromatic rings. The average Bonchev–Trinajstić information content (AvgIpc) is 2.87. The highest BCUT2D eigenvalue weighted by atomic mass is 19.4. The number of fused-ring (bicyclic) bond motifs is 1. The normalized spacial score (nSPS) is 12.2. The topological polar surface area (TPSA) is 72.2 Å². The van der Waals surface area contributed by atoms with Gasteiger partial charge in [0.05, 0.1) is 16.6 Å². The van der Waals surface area contributed by atoms with E-state index in [2.05, 4.69) is 16.8 Å². The van der Waals surface area contributed by atoms with E-state index in [1.807, 2.05) is 0 Å². The fourth-order valence-corrected chi connectivity index (χ4v) is 3.97. The largest absolute Gasteiger partial charge is 0.430 e. The summed E-state index contributed by atoms with van der Waals surface area (Å²) in [5.41, 5.74) is -5.96. The minimum Gasteiger partial charge on any atom is -0.369 e. The molecule has 0 aliphatic rings. The Balaban J connectivity index is 1.93. The minimum absolute atomic E-state index is 0.0633. The van der Waals surface area contributed by atoms with Crippen molar-refractivity contribution in [1.29, 1.82) is 0 Å². The van der Waals surface area contributed by atoms with Crippen molar-refractivity contribution in [2.45, 2.75) is 31.3 Å². The molecule has 0 saturated carbocycles. The number of nitrogens with zero attached hydrogens (tertiary/aromatic N) is 2. The molecule has 0 radical (unpaired) electrons. The number of rotatable bonds is 4. The molecule has 4 rings (SSSR count). The van der Waals surface area contributed by atoms with Crippen LogP contribution in [0.15, 0.2) is 77.6 Å². The lowest BCUT2D eigenvalue weighted by molar-refractivity contribution is -0.376. The fourth-order valence-electron chi connectivity index (χ4n) is 3.97. The zero-order valence-corrected chi connectivity index (χ0v) is 20.1. The second-order valence-electron chi connectivity index (χ2n) is 8.62. The third-order valence-corrected chi connectivity index (χ3v) is 5.89. The van der Waals surface area contributed by atoms with Crippen LogP contribution in [-0.4, -0.2) is 32.8 Å². The van der Waals surface area contributed by atoms with Gasteiger partial charge in [-0.25, -0.2) is 4.98 Å². The molecular formula is C28H18F6N2O3. The van der Waals surface area contributed by atoms with Gasteiger partial charge in [0.1, 0.15) is 5.82 Å². The lowest BCUT2D eigenvalue weighted by atomic mass is 9.92. The number of alkyl halides is 6. The highest BCUT2D eigenvalue weighted by Gasteiger charge is 2.71. The Morgan fingerprint density at radius 3 is 2.10 bits per heavy atom. The van der Waals surface area contributed by atoms with Crippen LogP contribution in [0.5, 0.6) is 0 Å². The number of hydrogen-bond acceptors (Lipinski definition) is 4. The van der Waals surface area contributed by atoms with Crippen molar-refractivity contribution in [3.8, 4) is 17.5 Å². The van der Waals surface area contributed by atoms with E-state index in [1.165, 1.54) is 19.1 Å². The van der Waals surface area contributed by atoms with Crippen LogP contribution in [0.1, 0.15) is 29.4 Å². The van der Waals surface area contributed by atoms with Gasteiger partial charge in [-0.2, -0.15) is 26.3 Å². The SMILES string of the molecule is CC(=O)C#Cc1ccc2nc(Cc3ccccc3)n(-c3ccc(C(O)(C(F)(F)F)C(F)(F)F)cc3)c(=O)c2c1. The molecule has 0 amide bonds. The molecule has 0 unspecified atom stereocenters. The molecule has 0 aliphatic carbocycles. The standard InChI is InChI=1S/C28H18F6N2O3/c1-17(37)7-8-19-9-14-23-22(15-19)25(38)36(24(35-23)16-18-5-3-2-4-6-18)21-12-10-20(11-13-21)26(39,27(29,30)31)28(32,33)34/h2-6,9-15,39H,16H2,1H3. The summed E-state index contributed by atoms with van der Waals surface area (Å²) in [7, 11) is 0. The highest BCUT2D eigenvalue weighted by molar-refractivity contribution is 5.94. The number of carbonyl (C=O) groups excluding carboxylic acids is 1. The lowest BCUT2D eigenvalue weighted by Crippen LogP contribution is -2.53. The van der Waals surface area contributed by atoms with Crippen LogP contribution in [-0.2, 0) is 16.8 Å². The smallest absolute Gasteiger partial charge is 0.369 e. The van der Waals surface area contributed by atoms with Gasteiger partial charge in [-0.15, -0.1) is 0 Å². The van der Waals surface area contributed by atoms with E-state index in [0.29, 0.717) is 17.7 Å². The minimum atomic E-state index is -6.05. The van der Waals surface area contributed by atoms with Crippen LogP contribution in [0, 0.1) is 11.8 Å². The number of aromatic nitrogens is 2. The van der Waals surface area contributed by atoms with Gasteiger partial charge in [0, 0.05) is 24.5 Å². The summed E-state index contributed by atoms with van der Waals surface area (Å²) >= 11 is 0. The molecule has 0 atom stereocenters. The molecule has 5 nitrogen and oxygen atoms in total. The first-order chi connectivity index (χ1) is 18.2. The van der Waals surface area contributed by atoms with E-state index in [0.717, 1.165) is 22.3 Å². The first-order valence-corrected chi connectivity index (χ1v) is 11.3. The molecule has 39 heavy (non-hydrogen) atoms. The second-order valence-corrected chi connectivity index (χ2v) is 8.62. The average molecular weight is 544 g/mol. The molecule has 3 aromatic carbocycles. The van der Waals surface area contributed by atoms with E-state index in [4.69, 9.17) is 0 Å². The summed E-state index contributed by atoms with van der Waals surface area (Å²) in [6.07, 6.45) is -12.0. The first-order valence-electron chi connectivity index (χ1n) is 11.3. The maximum atomic E-state index is 13.6. The number of ketones is 1. The maximum absolute atomic E-state index is 13.6. The molecular weight excluding hydrogens is 526 g/mol. The predicted octanol–water partition coefficient (Wildman–Crippen LogP) is 5.23. The van der Waals surface area contributed by atoms with Gasteiger partial charge in [-0.3, -0.25) is 14.2 Å². The second kappa shape index (κ2) is 10.0. The Labute approximate surface area is 217 Å². The number of benzene rings is 3. The van der Waals surface area contributed by atoms with Crippen LogP contribution in [0.3, 0.4) is 0 Å². The molecule has 200 valence electrons. The van der Waals surface area contributed by atoms with Gasteiger partial charge in [-0.1, -0.05) is 48.4 Å². The van der Waals surface area contributed by atoms with Crippen LogP contribution in [0.4, 0.5) is 26.3 Å². The van der Waals surface area contributed by atoms with Crippen LogP contribution in [0.2, 0.25) is 0 Å². The van der Waals surface area contributed by atoms with Gasteiger partial charge in [0.15, 0.2) is 0 Å². The van der Waals surface area contributed by atoms with Gasteiger partial charge < -0.3 is 5.11 Å². The summed E-state index contributed by atoms with van der Waals surface area (Å²) in [5, 5.41) is 9.78. The Hall–Kier alpha value is -4.43. The Morgan fingerprint density at radius 2 is 1.54 bits per heavy atom. The molecule has 0 spiro atoms. The number of hydrogen-bond donors (Lipinski definition) is 1. The van der Waals surface area contributed by atoms with Crippen molar-refractivity contribution in [2.24, 2.45) is 0 Å². The Bertz CT molecular complexity index is 1650. The lowest BCUT2D eigenvalue weighted by Gasteiger charge is -2.32. The van der Waals surface area contributed by atoms with Crippen molar-refractivity contribution < 1.29 is 36.2 Å². The van der Waals surface area contributed by atoms with E-state index < -0.39 is 34.9 Å². The van der Waals surface area contributed by atoms with E-state index in [9.17, 15) is 41.0 Å². The van der Waals surface area contributed by atoms with Crippen molar-refractivity contribution in [3.63, 3.8) is 0 Å². The molecule has 11 heteroatoms. The van der Waals surface area contributed by atoms with Crippen molar-refractivity contribution in [2.75, 3.05) is 0 Å². The maximum Gasteiger partial charge on any atom is 0.430 e. The zero-order valence-electron chi connectivity index (χ0n) is 20.1. The van der Waals surface area contributed by atoms with Crippen LogP contribution in [0.25, 0.3) is 16.6 Å². The van der Waals surface area contributed by atoms with Gasteiger partial charge in [0.25, 0.3) is 11.2 Å². The number of Topliss-reactive ketones (excluding diaryl/α,β-unsaturated/α-hetero) is 1. The summed E-state index contributed by atoms with van der Waals surface area (Å²) < 4.78 is 81.1. The molecule has 1 heterocycles. The van der Waals surface area contributed by atoms with Gasteiger partial charge in [-0.05, 0) is 41.8 Å². The third kappa shape index (κ3) is 5.28. The van der Waals surface area contributed by atoms with Gasteiger partial charge in [0.2, 0.25) is 5.78 Å². The summed E-state index contributed by atoms with van der Waals surface area (Å²) in [6.45, 7) is 1.26. The number of halogens is 6. The number of carbonyl (C=O) groups is 1. The van der Waals surface area contributed by atoms with E-state index >= 15 is 0 Å². The third-order valence-electron chi connectivity index (χ3n) is 5.89. The quantitative estimate of drug-likeness (QED) is 0.282.